The summed E-state index contributed by atoms with van der Waals surface area (Å²) >= 11 is 0. The van der Waals surface area contributed by atoms with Crippen LogP contribution in [0.4, 0.5) is 0 Å². The molecule has 1 aliphatic heterocycles. The van der Waals surface area contributed by atoms with E-state index in [-0.39, 0.29) is 5.91 Å². The van der Waals surface area contributed by atoms with Crippen molar-refractivity contribution in [1.29, 1.82) is 0 Å². The molecular weight excluding hydrogens is 152 g/mol. The summed E-state index contributed by atoms with van der Waals surface area (Å²) in [7, 11) is 0. The average Bonchev–Trinajstić information content (AvgIpc) is 2.09. The molecule has 3 heteroatoms. The summed E-state index contributed by atoms with van der Waals surface area (Å²) in [5.74, 6) is 0.173. The number of nitrogens with zero attached hydrogens (tertiary/aromatic N) is 1. The van der Waals surface area contributed by atoms with Gasteiger partial charge >= 0.3 is 0 Å². The fourth-order valence-electron chi connectivity index (χ4n) is 1.21. The van der Waals surface area contributed by atoms with Crippen molar-refractivity contribution in [1.82, 2.24) is 4.90 Å². The van der Waals surface area contributed by atoms with Gasteiger partial charge in [-0.2, -0.15) is 0 Å². The van der Waals surface area contributed by atoms with Gasteiger partial charge < -0.3 is 10.6 Å². The van der Waals surface area contributed by atoms with Crippen molar-refractivity contribution in [2.45, 2.75) is 39.7 Å². The van der Waals surface area contributed by atoms with Crippen molar-refractivity contribution >= 4 is 5.91 Å². The van der Waals surface area contributed by atoms with Crippen LogP contribution in [0, 0.1) is 0 Å². The predicted molar refractivity (Wildman–Crippen MR) is 50.8 cm³/mol. The van der Waals surface area contributed by atoms with Gasteiger partial charge in [0.05, 0.1) is 0 Å². The molecule has 2 N–H and O–H groups in total. The lowest BCUT2D eigenvalue weighted by molar-refractivity contribution is -0.129. The summed E-state index contributed by atoms with van der Waals surface area (Å²) in [6, 6.07) is 0.315. The van der Waals surface area contributed by atoms with Gasteiger partial charge in [0.2, 0.25) is 5.91 Å². The van der Waals surface area contributed by atoms with Gasteiger partial charge in [0.25, 0.3) is 0 Å². The molecule has 0 unspecified atom stereocenters. The molecule has 72 valence electrons. The Bertz CT molecular complexity index is 128. The molecule has 12 heavy (non-hydrogen) atoms. The molecule has 0 aliphatic carbocycles. The molecule has 3 nitrogen and oxygen atoms in total. The number of rotatable bonds is 0. The van der Waals surface area contributed by atoms with Gasteiger partial charge in [0.1, 0.15) is 0 Å². The molecule has 1 aliphatic rings. The minimum atomic E-state index is 0.173. The molecule has 1 heterocycles. The van der Waals surface area contributed by atoms with Crippen molar-refractivity contribution in [3.63, 3.8) is 0 Å². The van der Waals surface area contributed by atoms with Crippen LogP contribution in [0.2, 0.25) is 0 Å². The lowest BCUT2D eigenvalue weighted by Crippen LogP contribution is -2.41. The monoisotopic (exact) mass is 172 g/mol. The predicted octanol–water partition coefficient (Wildman–Crippen LogP) is 0.982. The zero-order valence-corrected chi connectivity index (χ0v) is 8.34. The van der Waals surface area contributed by atoms with Crippen LogP contribution in [0.15, 0.2) is 0 Å². The molecule has 1 rings (SSSR count). The van der Waals surface area contributed by atoms with E-state index in [0.717, 1.165) is 25.9 Å². The van der Waals surface area contributed by atoms with E-state index in [1.165, 1.54) is 0 Å². The Labute approximate surface area is 74.9 Å². The molecule has 0 radical (unpaired) electrons. The molecule has 0 atom stereocenters. The van der Waals surface area contributed by atoms with Gasteiger partial charge in [-0.15, -0.1) is 0 Å². The van der Waals surface area contributed by atoms with E-state index < -0.39 is 0 Å². The maximum absolute atomic E-state index is 10.8. The number of hydrogen-bond donors (Lipinski definition) is 1. The van der Waals surface area contributed by atoms with Crippen LogP contribution in [0.1, 0.15) is 33.6 Å². The average molecular weight is 172 g/mol. The van der Waals surface area contributed by atoms with Gasteiger partial charge in [-0.3, -0.25) is 4.79 Å². The van der Waals surface area contributed by atoms with Gasteiger partial charge in [-0.1, -0.05) is 13.8 Å². The van der Waals surface area contributed by atoms with Gasteiger partial charge in [0.15, 0.2) is 0 Å². The fourth-order valence-corrected chi connectivity index (χ4v) is 1.21. The van der Waals surface area contributed by atoms with Crippen LogP contribution in [0.3, 0.4) is 0 Å². The van der Waals surface area contributed by atoms with Crippen molar-refractivity contribution in [3.05, 3.63) is 0 Å². The van der Waals surface area contributed by atoms with Crippen LogP contribution < -0.4 is 5.73 Å². The first-order valence-electron chi connectivity index (χ1n) is 4.71. The van der Waals surface area contributed by atoms with Crippen LogP contribution in [-0.2, 0) is 4.79 Å². The second-order valence-corrected chi connectivity index (χ2v) is 2.84. The molecule has 0 aromatic heterocycles. The Hall–Kier alpha value is -0.570. The second kappa shape index (κ2) is 6.00. The molecule has 0 aromatic rings. The minimum absolute atomic E-state index is 0.173. The number of carbonyl (C=O) groups is 1. The number of amides is 1. The van der Waals surface area contributed by atoms with E-state index in [0.29, 0.717) is 6.04 Å². The number of hydrogen-bond acceptors (Lipinski definition) is 2. The van der Waals surface area contributed by atoms with Gasteiger partial charge in [-0.25, -0.2) is 0 Å². The highest BCUT2D eigenvalue weighted by molar-refractivity contribution is 5.73. The van der Waals surface area contributed by atoms with E-state index in [4.69, 9.17) is 5.73 Å². The molecular formula is C9H20N2O. The number of piperidine rings is 1. The van der Waals surface area contributed by atoms with E-state index in [1.807, 2.05) is 18.7 Å². The summed E-state index contributed by atoms with van der Waals surface area (Å²) in [5, 5.41) is 0. The standard InChI is InChI=1S/C7H14N2O.C2H6/c1-6(10)9-4-2-7(8)3-5-9;1-2/h7H,2-5,8H2,1H3;1-2H3. The quantitative estimate of drug-likeness (QED) is 0.592. The Morgan fingerprint density at radius 1 is 1.33 bits per heavy atom. The molecule has 0 bridgehead atoms. The van der Waals surface area contributed by atoms with Crippen LogP contribution in [0.25, 0.3) is 0 Å². The van der Waals surface area contributed by atoms with E-state index in [2.05, 4.69) is 0 Å². The molecule has 0 saturated carbocycles. The lowest BCUT2D eigenvalue weighted by atomic mass is 10.1. The van der Waals surface area contributed by atoms with Crippen LogP contribution >= 0.6 is 0 Å². The Balaban J connectivity index is 0.000000561. The Morgan fingerprint density at radius 3 is 2.08 bits per heavy atom. The number of nitrogens with two attached hydrogens (primary N) is 1. The first kappa shape index (κ1) is 11.4. The topological polar surface area (TPSA) is 46.3 Å². The minimum Gasteiger partial charge on any atom is -0.343 e. The number of carbonyl (C=O) groups excluding carboxylic acids is 1. The third-order valence-corrected chi connectivity index (χ3v) is 1.98. The van der Waals surface area contributed by atoms with E-state index in [9.17, 15) is 4.79 Å². The summed E-state index contributed by atoms with van der Waals surface area (Å²) in [6.45, 7) is 7.30. The van der Waals surface area contributed by atoms with Crippen LogP contribution in [0.5, 0.6) is 0 Å². The largest absolute Gasteiger partial charge is 0.343 e. The van der Waals surface area contributed by atoms with Crippen molar-refractivity contribution in [2.24, 2.45) is 5.73 Å². The van der Waals surface area contributed by atoms with Crippen molar-refractivity contribution in [2.75, 3.05) is 13.1 Å². The zero-order valence-electron chi connectivity index (χ0n) is 8.34. The normalized spacial score (nSPS) is 18.2. The lowest BCUT2D eigenvalue weighted by Gasteiger charge is -2.28. The first-order chi connectivity index (χ1) is 5.70. The van der Waals surface area contributed by atoms with E-state index in [1.54, 1.807) is 6.92 Å². The molecule has 0 aromatic carbocycles. The van der Waals surface area contributed by atoms with Gasteiger partial charge in [0, 0.05) is 26.1 Å². The molecule has 1 amide bonds. The second-order valence-electron chi connectivity index (χ2n) is 2.84. The van der Waals surface area contributed by atoms with Gasteiger partial charge in [-0.05, 0) is 12.8 Å². The molecule has 1 saturated heterocycles. The maximum atomic E-state index is 10.8. The Kier molecular flexibility index (Phi) is 5.72. The number of likely N-dealkylation sites (tertiary alicyclic amines) is 1. The smallest absolute Gasteiger partial charge is 0.219 e. The van der Waals surface area contributed by atoms with E-state index >= 15 is 0 Å². The summed E-state index contributed by atoms with van der Waals surface area (Å²) in [4.78, 5) is 12.6. The summed E-state index contributed by atoms with van der Waals surface area (Å²) in [5.41, 5.74) is 5.66. The van der Waals surface area contributed by atoms with Crippen LogP contribution in [-0.4, -0.2) is 29.9 Å². The third kappa shape index (κ3) is 3.72. The summed E-state index contributed by atoms with van der Waals surface area (Å²) in [6.07, 6.45) is 1.92. The molecule has 0 spiro atoms. The van der Waals surface area contributed by atoms with Crippen molar-refractivity contribution in [3.8, 4) is 0 Å². The fraction of sp³-hybridized carbons (Fsp3) is 0.889. The maximum Gasteiger partial charge on any atom is 0.219 e. The highest BCUT2D eigenvalue weighted by atomic mass is 16.2. The summed E-state index contributed by atoms with van der Waals surface area (Å²) < 4.78 is 0. The molecule has 1 fully saturated rings. The Morgan fingerprint density at radius 2 is 1.75 bits per heavy atom. The SMILES string of the molecule is CC.CC(=O)N1CCC(N)CC1. The van der Waals surface area contributed by atoms with Crippen molar-refractivity contribution < 1.29 is 4.79 Å². The first-order valence-corrected chi connectivity index (χ1v) is 4.71. The highest BCUT2D eigenvalue weighted by Gasteiger charge is 2.16. The third-order valence-electron chi connectivity index (χ3n) is 1.98. The zero-order chi connectivity index (χ0) is 9.56. The highest BCUT2D eigenvalue weighted by Crippen LogP contribution is 2.07.